The molecule has 0 saturated carbocycles. The molecule has 15 heavy (non-hydrogen) atoms. The predicted molar refractivity (Wildman–Crippen MR) is 65.2 cm³/mol. The van der Waals surface area contributed by atoms with Gasteiger partial charge in [0.2, 0.25) is 0 Å². The van der Waals surface area contributed by atoms with Gasteiger partial charge in [0.1, 0.15) is 5.75 Å². The minimum Gasteiger partial charge on any atom is -0.491 e. The molecule has 0 aliphatic carbocycles. The lowest BCUT2D eigenvalue weighted by atomic mass is 10.1. The van der Waals surface area contributed by atoms with Crippen molar-refractivity contribution in [2.45, 2.75) is 33.6 Å². The Morgan fingerprint density at radius 1 is 1.40 bits per heavy atom. The molecule has 0 radical (unpaired) electrons. The summed E-state index contributed by atoms with van der Waals surface area (Å²) in [5.41, 5.74) is 7.70. The van der Waals surface area contributed by atoms with Crippen molar-refractivity contribution in [2.75, 3.05) is 12.3 Å². The molecule has 1 aromatic rings. The highest BCUT2D eigenvalue weighted by molar-refractivity contribution is 5.56. The van der Waals surface area contributed by atoms with Crippen molar-refractivity contribution in [2.24, 2.45) is 5.92 Å². The molecule has 0 bridgehead atoms. The van der Waals surface area contributed by atoms with Crippen LogP contribution in [0.15, 0.2) is 18.2 Å². The smallest absolute Gasteiger partial charge is 0.145 e. The van der Waals surface area contributed by atoms with E-state index in [9.17, 15) is 0 Å². The first kappa shape index (κ1) is 11.9. The number of rotatable bonds is 5. The van der Waals surface area contributed by atoms with Gasteiger partial charge in [0.25, 0.3) is 0 Å². The Bertz CT molecular complexity index is 289. The van der Waals surface area contributed by atoms with Crippen LogP contribution in [0.25, 0.3) is 0 Å². The first-order valence-corrected chi connectivity index (χ1v) is 5.63. The number of nitrogens with two attached hydrogens (primary N) is 1. The van der Waals surface area contributed by atoms with E-state index in [1.54, 1.807) is 0 Å². The second kappa shape index (κ2) is 5.64. The van der Waals surface area contributed by atoms with E-state index in [4.69, 9.17) is 10.5 Å². The van der Waals surface area contributed by atoms with Crippen molar-refractivity contribution >= 4 is 5.69 Å². The molecular formula is C13H21NO. The van der Waals surface area contributed by atoms with Crippen LogP contribution in [0.3, 0.4) is 0 Å². The summed E-state index contributed by atoms with van der Waals surface area (Å²) in [7, 11) is 0. The Morgan fingerprint density at radius 2 is 2.13 bits per heavy atom. The molecule has 1 aromatic carbocycles. The van der Waals surface area contributed by atoms with Crippen molar-refractivity contribution in [3.63, 3.8) is 0 Å². The average molecular weight is 207 g/mol. The van der Waals surface area contributed by atoms with Crippen molar-refractivity contribution in [1.29, 1.82) is 0 Å². The zero-order valence-corrected chi connectivity index (χ0v) is 9.92. The number of para-hydroxylation sites is 1. The van der Waals surface area contributed by atoms with E-state index in [1.165, 1.54) is 12.8 Å². The molecule has 84 valence electrons. The molecule has 0 aliphatic rings. The maximum Gasteiger partial charge on any atom is 0.145 e. The standard InChI is InChI=1S/C13H21NO/c1-4-6-10(2)9-15-13-11(3)7-5-8-12(13)14/h5,7-8,10H,4,6,9,14H2,1-3H3. The van der Waals surface area contributed by atoms with Gasteiger partial charge in [0.05, 0.1) is 12.3 Å². The second-order valence-electron chi connectivity index (χ2n) is 4.20. The summed E-state index contributed by atoms with van der Waals surface area (Å²) in [6.07, 6.45) is 2.40. The third-order valence-corrected chi connectivity index (χ3v) is 2.54. The van der Waals surface area contributed by atoms with Crippen LogP contribution in [0.2, 0.25) is 0 Å². The number of nitrogen functional groups attached to an aromatic ring is 1. The van der Waals surface area contributed by atoms with Gasteiger partial charge in [-0.05, 0) is 30.9 Å². The minimum atomic E-state index is 0.592. The van der Waals surface area contributed by atoms with Gasteiger partial charge in [-0.25, -0.2) is 0 Å². The van der Waals surface area contributed by atoms with Gasteiger partial charge >= 0.3 is 0 Å². The highest BCUT2D eigenvalue weighted by atomic mass is 16.5. The molecule has 2 nitrogen and oxygen atoms in total. The van der Waals surface area contributed by atoms with Crippen molar-refractivity contribution in [3.05, 3.63) is 23.8 Å². The molecule has 0 amide bonds. The first-order valence-electron chi connectivity index (χ1n) is 5.63. The lowest BCUT2D eigenvalue weighted by molar-refractivity contribution is 0.251. The fourth-order valence-electron chi connectivity index (χ4n) is 1.67. The number of aryl methyl sites for hydroxylation is 1. The SMILES string of the molecule is CCCC(C)COc1c(C)cccc1N. The number of anilines is 1. The molecule has 0 heterocycles. The van der Waals surface area contributed by atoms with Crippen LogP contribution in [0.1, 0.15) is 32.3 Å². The maximum atomic E-state index is 5.86. The van der Waals surface area contributed by atoms with E-state index in [1.807, 2.05) is 25.1 Å². The second-order valence-corrected chi connectivity index (χ2v) is 4.20. The molecule has 1 unspecified atom stereocenters. The zero-order valence-electron chi connectivity index (χ0n) is 9.92. The van der Waals surface area contributed by atoms with Crippen molar-refractivity contribution in [1.82, 2.24) is 0 Å². The largest absolute Gasteiger partial charge is 0.491 e. The summed E-state index contributed by atoms with van der Waals surface area (Å²) >= 11 is 0. The highest BCUT2D eigenvalue weighted by Crippen LogP contribution is 2.26. The Hall–Kier alpha value is -1.18. The summed E-state index contributed by atoms with van der Waals surface area (Å²) in [4.78, 5) is 0. The van der Waals surface area contributed by atoms with Crippen LogP contribution in [0.4, 0.5) is 5.69 Å². The van der Waals surface area contributed by atoms with Crippen LogP contribution >= 0.6 is 0 Å². The van der Waals surface area contributed by atoms with Crippen LogP contribution < -0.4 is 10.5 Å². The van der Waals surface area contributed by atoms with Gasteiger partial charge < -0.3 is 10.5 Å². The van der Waals surface area contributed by atoms with E-state index < -0.39 is 0 Å². The summed E-state index contributed by atoms with van der Waals surface area (Å²) < 4.78 is 5.76. The predicted octanol–water partition coefficient (Wildman–Crippen LogP) is 3.39. The van der Waals surface area contributed by atoms with Gasteiger partial charge in [-0.3, -0.25) is 0 Å². The van der Waals surface area contributed by atoms with Gasteiger partial charge in [-0.1, -0.05) is 32.4 Å². The van der Waals surface area contributed by atoms with E-state index in [0.717, 1.165) is 23.6 Å². The van der Waals surface area contributed by atoms with E-state index in [0.29, 0.717) is 5.92 Å². The molecule has 0 aromatic heterocycles. The van der Waals surface area contributed by atoms with Gasteiger partial charge in [0, 0.05) is 0 Å². The Balaban J connectivity index is 2.57. The first-order chi connectivity index (χ1) is 7.15. The van der Waals surface area contributed by atoms with Crippen LogP contribution in [0, 0.1) is 12.8 Å². The van der Waals surface area contributed by atoms with Crippen molar-refractivity contribution < 1.29 is 4.74 Å². The third kappa shape index (κ3) is 3.46. The molecule has 0 saturated heterocycles. The topological polar surface area (TPSA) is 35.2 Å². The molecule has 0 aliphatic heterocycles. The summed E-state index contributed by atoms with van der Waals surface area (Å²) in [5.74, 6) is 1.44. The molecule has 2 heteroatoms. The van der Waals surface area contributed by atoms with Crippen LogP contribution in [-0.2, 0) is 0 Å². The van der Waals surface area contributed by atoms with E-state index in [2.05, 4.69) is 13.8 Å². The summed E-state index contributed by atoms with van der Waals surface area (Å²) in [6.45, 7) is 7.18. The maximum absolute atomic E-state index is 5.86. The van der Waals surface area contributed by atoms with E-state index >= 15 is 0 Å². The van der Waals surface area contributed by atoms with Gasteiger partial charge in [-0.2, -0.15) is 0 Å². The number of ether oxygens (including phenoxy) is 1. The summed E-state index contributed by atoms with van der Waals surface area (Å²) in [6, 6.07) is 5.86. The van der Waals surface area contributed by atoms with Crippen LogP contribution in [0.5, 0.6) is 5.75 Å². The average Bonchev–Trinajstić information content (AvgIpc) is 2.17. The molecular weight excluding hydrogens is 186 g/mol. The lowest BCUT2D eigenvalue weighted by Crippen LogP contribution is -2.10. The quantitative estimate of drug-likeness (QED) is 0.751. The third-order valence-electron chi connectivity index (χ3n) is 2.54. The Kier molecular flexibility index (Phi) is 4.47. The normalized spacial score (nSPS) is 12.5. The Morgan fingerprint density at radius 3 is 2.73 bits per heavy atom. The number of hydrogen-bond acceptors (Lipinski definition) is 2. The van der Waals surface area contributed by atoms with E-state index in [-0.39, 0.29) is 0 Å². The fourth-order valence-corrected chi connectivity index (χ4v) is 1.67. The lowest BCUT2D eigenvalue weighted by Gasteiger charge is -2.15. The number of benzene rings is 1. The molecule has 2 N–H and O–H groups in total. The molecule has 1 atom stereocenters. The molecule has 1 rings (SSSR count). The fraction of sp³-hybridized carbons (Fsp3) is 0.538. The van der Waals surface area contributed by atoms with Crippen molar-refractivity contribution in [3.8, 4) is 5.75 Å². The molecule has 0 spiro atoms. The van der Waals surface area contributed by atoms with Gasteiger partial charge in [-0.15, -0.1) is 0 Å². The minimum absolute atomic E-state index is 0.592. The number of hydrogen-bond donors (Lipinski definition) is 1. The monoisotopic (exact) mass is 207 g/mol. The summed E-state index contributed by atoms with van der Waals surface area (Å²) in [5, 5.41) is 0. The highest BCUT2D eigenvalue weighted by Gasteiger charge is 2.06. The van der Waals surface area contributed by atoms with Crippen LogP contribution in [-0.4, -0.2) is 6.61 Å². The molecule has 0 fully saturated rings. The Labute approximate surface area is 92.4 Å². The zero-order chi connectivity index (χ0) is 11.3. The van der Waals surface area contributed by atoms with Gasteiger partial charge in [0.15, 0.2) is 0 Å².